The van der Waals surface area contributed by atoms with E-state index < -0.39 is 20.5 Å². The van der Waals surface area contributed by atoms with Gasteiger partial charge in [0, 0.05) is 19.1 Å². The number of carbonyl (C=O) groups is 1. The molecule has 1 aromatic carbocycles. The van der Waals surface area contributed by atoms with Crippen LogP contribution in [0.1, 0.15) is 18.4 Å². The van der Waals surface area contributed by atoms with Crippen LogP contribution in [0.3, 0.4) is 0 Å². The number of nitrogens with zero attached hydrogens (tertiary/aromatic N) is 1. The molecule has 1 aliphatic rings. The van der Waals surface area contributed by atoms with Crippen molar-refractivity contribution in [2.24, 2.45) is 5.73 Å². The summed E-state index contributed by atoms with van der Waals surface area (Å²) in [5, 5.41) is 0. The Balaban J connectivity index is 2.04. The third-order valence-electron chi connectivity index (χ3n) is 3.65. The number of hydrogen-bond donors (Lipinski definition) is 1. The van der Waals surface area contributed by atoms with Crippen LogP contribution < -0.4 is 5.73 Å². The lowest BCUT2D eigenvalue weighted by Crippen LogP contribution is -2.46. The van der Waals surface area contributed by atoms with Crippen LogP contribution in [-0.4, -0.2) is 44.1 Å². The number of amides is 1. The van der Waals surface area contributed by atoms with Gasteiger partial charge < -0.3 is 10.6 Å². The van der Waals surface area contributed by atoms with Gasteiger partial charge in [-0.05, 0) is 30.5 Å². The molecule has 2 N–H and O–H groups in total. The Bertz CT molecular complexity index is 632. The minimum absolute atomic E-state index is 0.0174. The molecular weight excluding hydrogens is 314 g/mol. The van der Waals surface area contributed by atoms with Crippen molar-refractivity contribution in [3.8, 4) is 0 Å². The molecule has 0 aromatic heterocycles. The van der Waals surface area contributed by atoms with Crippen molar-refractivity contribution >= 4 is 15.7 Å². The van der Waals surface area contributed by atoms with E-state index in [2.05, 4.69) is 0 Å². The van der Waals surface area contributed by atoms with Crippen molar-refractivity contribution < 1.29 is 22.0 Å². The van der Waals surface area contributed by atoms with Gasteiger partial charge in [0.15, 0.2) is 0 Å². The molecule has 0 radical (unpaired) electrons. The summed E-state index contributed by atoms with van der Waals surface area (Å²) in [6, 6.07) is 4.96. The topological polar surface area (TPSA) is 80.5 Å². The number of rotatable bonds is 4. The Morgan fingerprint density at radius 3 is 2.50 bits per heavy atom. The fraction of sp³-hybridized carbons (Fsp3) is 0.500. The number of hydrogen-bond acceptors (Lipinski definition) is 4. The van der Waals surface area contributed by atoms with Gasteiger partial charge in [-0.15, -0.1) is 0 Å². The summed E-state index contributed by atoms with van der Waals surface area (Å²) in [7, 11) is -4.60. The van der Waals surface area contributed by atoms with Crippen LogP contribution in [0.5, 0.6) is 0 Å². The second kappa shape index (κ2) is 6.70. The number of sulfone groups is 1. The van der Waals surface area contributed by atoms with E-state index in [0.29, 0.717) is 18.7 Å². The predicted molar refractivity (Wildman–Crippen MR) is 77.1 cm³/mol. The number of nitrogens with two attached hydrogens (primary N) is 1. The fourth-order valence-electron chi connectivity index (χ4n) is 2.42. The third-order valence-corrected chi connectivity index (χ3v) is 5.05. The Labute approximate surface area is 128 Å². The third kappa shape index (κ3) is 3.80. The standard InChI is InChI=1S/C14H18F2N2O3S/c15-14(16)22(20,21)12-5-3-10(4-6-12)8-13(19)18-7-1-2-11(17)9-18/h3-6,11,14H,1-2,7-9,17H2. The van der Waals surface area contributed by atoms with E-state index >= 15 is 0 Å². The molecule has 122 valence electrons. The average Bonchev–Trinajstić information content (AvgIpc) is 2.47. The molecule has 0 spiro atoms. The van der Waals surface area contributed by atoms with Crippen LogP contribution >= 0.6 is 0 Å². The highest BCUT2D eigenvalue weighted by Crippen LogP contribution is 2.19. The lowest BCUT2D eigenvalue weighted by atomic mass is 10.1. The summed E-state index contributed by atoms with van der Waals surface area (Å²) in [6.07, 6.45) is 1.85. The normalized spacial score (nSPS) is 19.5. The van der Waals surface area contributed by atoms with Crippen molar-refractivity contribution in [2.45, 2.75) is 36.0 Å². The zero-order valence-electron chi connectivity index (χ0n) is 11.9. The summed E-state index contributed by atoms with van der Waals surface area (Å²) in [5.74, 6) is -3.55. The number of alkyl halides is 2. The Kier molecular flexibility index (Phi) is 5.12. The van der Waals surface area contributed by atoms with Gasteiger partial charge in [0.25, 0.3) is 0 Å². The van der Waals surface area contributed by atoms with E-state index in [0.717, 1.165) is 25.0 Å². The molecule has 1 heterocycles. The number of piperidine rings is 1. The summed E-state index contributed by atoms with van der Waals surface area (Å²) >= 11 is 0. The molecule has 0 aliphatic carbocycles. The van der Waals surface area contributed by atoms with Crippen molar-refractivity contribution in [2.75, 3.05) is 13.1 Å². The quantitative estimate of drug-likeness (QED) is 0.898. The minimum Gasteiger partial charge on any atom is -0.341 e. The zero-order valence-corrected chi connectivity index (χ0v) is 12.7. The smallest absolute Gasteiger partial charge is 0.341 e. The molecule has 5 nitrogen and oxygen atoms in total. The van der Waals surface area contributed by atoms with Gasteiger partial charge in [-0.2, -0.15) is 8.78 Å². The lowest BCUT2D eigenvalue weighted by molar-refractivity contribution is -0.131. The molecule has 1 amide bonds. The van der Waals surface area contributed by atoms with Crippen LogP contribution in [0.15, 0.2) is 29.2 Å². The van der Waals surface area contributed by atoms with Gasteiger partial charge in [-0.3, -0.25) is 4.79 Å². The first-order valence-electron chi connectivity index (χ1n) is 6.95. The maximum absolute atomic E-state index is 12.4. The van der Waals surface area contributed by atoms with Crippen LogP contribution in [0.25, 0.3) is 0 Å². The van der Waals surface area contributed by atoms with E-state index in [1.807, 2.05) is 0 Å². The molecule has 0 saturated carbocycles. The van der Waals surface area contributed by atoms with Crippen molar-refractivity contribution in [1.82, 2.24) is 4.90 Å². The molecule has 2 rings (SSSR count). The summed E-state index contributed by atoms with van der Waals surface area (Å²) in [5.41, 5.74) is 6.40. The van der Waals surface area contributed by atoms with Gasteiger partial charge in [0.05, 0.1) is 11.3 Å². The van der Waals surface area contributed by atoms with E-state index in [-0.39, 0.29) is 18.4 Å². The van der Waals surface area contributed by atoms with Gasteiger partial charge >= 0.3 is 5.76 Å². The molecule has 1 aromatic rings. The molecule has 22 heavy (non-hydrogen) atoms. The number of carbonyl (C=O) groups excluding carboxylic acids is 1. The van der Waals surface area contributed by atoms with Crippen LogP contribution in [0, 0.1) is 0 Å². The molecule has 8 heteroatoms. The first-order chi connectivity index (χ1) is 10.3. The molecule has 1 atom stereocenters. The molecule has 0 bridgehead atoms. The monoisotopic (exact) mass is 332 g/mol. The SMILES string of the molecule is NC1CCCN(C(=O)Cc2ccc(S(=O)(=O)C(F)F)cc2)C1. The number of likely N-dealkylation sites (tertiary alicyclic amines) is 1. The van der Waals surface area contributed by atoms with Crippen molar-refractivity contribution in [3.05, 3.63) is 29.8 Å². The number of halogens is 2. The average molecular weight is 332 g/mol. The van der Waals surface area contributed by atoms with E-state index in [1.54, 1.807) is 4.90 Å². The summed E-state index contributed by atoms with van der Waals surface area (Å²) in [4.78, 5) is 13.4. The van der Waals surface area contributed by atoms with Crippen LogP contribution in [-0.2, 0) is 21.1 Å². The van der Waals surface area contributed by atoms with Gasteiger partial charge in [0.2, 0.25) is 15.7 Å². The summed E-state index contributed by atoms with van der Waals surface area (Å²) < 4.78 is 47.5. The predicted octanol–water partition coefficient (Wildman–Crippen LogP) is 1.18. The van der Waals surface area contributed by atoms with Gasteiger partial charge in [-0.25, -0.2) is 8.42 Å². The van der Waals surface area contributed by atoms with Crippen LogP contribution in [0.2, 0.25) is 0 Å². The number of benzene rings is 1. The highest BCUT2D eigenvalue weighted by molar-refractivity contribution is 7.91. The van der Waals surface area contributed by atoms with Gasteiger partial charge in [0.1, 0.15) is 0 Å². The maximum atomic E-state index is 12.4. The highest BCUT2D eigenvalue weighted by Gasteiger charge is 2.26. The molecule has 1 aliphatic heterocycles. The van der Waals surface area contributed by atoms with E-state index in [1.165, 1.54) is 12.1 Å². The minimum atomic E-state index is -4.60. The first-order valence-corrected chi connectivity index (χ1v) is 8.49. The van der Waals surface area contributed by atoms with Crippen LogP contribution in [0.4, 0.5) is 8.78 Å². The van der Waals surface area contributed by atoms with E-state index in [9.17, 15) is 22.0 Å². The largest absolute Gasteiger partial charge is 0.341 e. The first kappa shape index (κ1) is 16.8. The molecule has 1 saturated heterocycles. The Morgan fingerprint density at radius 1 is 1.32 bits per heavy atom. The Hall–Kier alpha value is -1.54. The molecule has 1 fully saturated rings. The zero-order chi connectivity index (χ0) is 16.3. The van der Waals surface area contributed by atoms with Crippen molar-refractivity contribution in [3.63, 3.8) is 0 Å². The second-order valence-electron chi connectivity index (χ2n) is 5.37. The molecule has 1 unspecified atom stereocenters. The van der Waals surface area contributed by atoms with E-state index in [4.69, 9.17) is 5.73 Å². The Morgan fingerprint density at radius 2 is 1.95 bits per heavy atom. The van der Waals surface area contributed by atoms with Crippen molar-refractivity contribution in [1.29, 1.82) is 0 Å². The molecular formula is C14H18F2N2O3S. The second-order valence-corrected chi connectivity index (χ2v) is 7.29. The highest BCUT2D eigenvalue weighted by atomic mass is 32.2. The van der Waals surface area contributed by atoms with Gasteiger partial charge in [-0.1, -0.05) is 12.1 Å². The lowest BCUT2D eigenvalue weighted by Gasteiger charge is -2.30. The summed E-state index contributed by atoms with van der Waals surface area (Å²) in [6.45, 7) is 1.17. The maximum Gasteiger partial charge on any atom is 0.341 e. The fourth-order valence-corrected chi connectivity index (χ4v) is 3.14.